The molecule has 5 heteroatoms. The van der Waals surface area contributed by atoms with Crippen LogP contribution in [0.5, 0.6) is 5.88 Å². The number of thiocarbonyl (C=S) groups is 1. The van der Waals surface area contributed by atoms with Crippen molar-refractivity contribution in [1.29, 1.82) is 0 Å². The van der Waals surface area contributed by atoms with Gasteiger partial charge in [0.25, 0.3) is 0 Å². The number of methoxy groups -OCH3 is 1. The predicted octanol–water partition coefficient (Wildman–Crippen LogP) is 4.16. The maximum absolute atomic E-state index is 5.32. The highest BCUT2D eigenvalue weighted by molar-refractivity contribution is 7.80. The van der Waals surface area contributed by atoms with Gasteiger partial charge in [0.2, 0.25) is 5.88 Å². The zero-order valence-electron chi connectivity index (χ0n) is 14.2. The molecule has 0 saturated heterocycles. The van der Waals surface area contributed by atoms with Crippen molar-refractivity contribution in [1.82, 2.24) is 10.3 Å². The lowest BCUT2D eigenvalue weighted by molar-refractivity contribution is 0.398. The smallest absolute Gasteiger partial charge is 0.213 e. The van der Waals surface area contributed by atoms with E-state index < -0.39 is 0 Å². The average molecular weight is 351 g/mol. The summed E-state index contributed by atoms with van der Waals surface area (Å²) in [5.74, 6) is 0.583. The fourth-order valence-corrected chi connectivity index (χ4v) is 2.96. The molecular weight excluding hydrogens is 330 g/mol. The van der Waals surface area contributed by atoms with Crippen LogP contribution in [0.25, 0.3) is 10.8 Å². The third-order valence-electron chi connectivity index (χ3n) is 3.99. The van der Waals surface area contributed by atoms with E-state index in [1.54, 1.807) is 19.4 Å². The number of fused-ring (bicyclic) bond motifs is 1. The van der Waals surface area contributed by atoms with E-state index in [1.807, 2.05) is 6.07 Å². The lowest BCUT2D eigenvalue weighted by Gasteiger charge is -2.11. The summed E-state index contributed by atoms with van der Waals surface area (Å²) in [5.41, 5.74) is 2.21. The second-order valence-corrected chi connectivity index (χ2v) is 6.12. The molecule has 4 nitrogen and oxygen atoms in total. The van der Waals surface area contributed by atoms with Gasteiger partial charge in [-0.2, -0.15) is 0 Å². The Morgan fingerprint density at radius 3 is 2.72 bits per heavy atom. The summed E-state index contributed by atoms with van der Waals surface area (Å²) >= 11 is 5.32. The minimum absolute atomic E-state index is 0.583. The zero-order valence-corrected chi connectivity index (χ0v) is 15.0. The Morgan fingerprint density at radius 1 is 1.08 bits per heavy atom. The van der Waals surface area contributed by atoms with E-state index in [0.717, 1.165) is 25.1 Å². The van der Waals surface area contributed by atoms with E-state index in [-0.39, 0.29) is 0 Å². The van der Waals surface area contributed by atoms with Crippen molar-refractivity contribution >= 4 is 33.8 Å². The van der Waals surface area contributed by atoms with Gasteiger partial charge in [-0.15, -0.1) is 0 Å². The van der Waals surface area contributed by atoms with Crippen molar-refractivity contribution in [3.8, 4) is 5.88 Å². The molecule has 3 aromatic rings. The van der Waals surface area contributed by atoms with E-state index in [2.05, 4.69) is 58.1 Å². The molecular formula is C20H21N3OS. The van der Waals surface area contributed by atoms with E-state index in [1.165, 1.54) is 16.3 Å². The molecule has 0 atom stereocenters. The Morgan fingerprint density at radius 2 is 1.92 bits per heavy atom. The van der Waals surface area contributed by atoms with Gasteiger partial charge < -0.3 is 15.4 Å². The number of pyridine rings is 1. The predicted molar refractivity (Wildman–Crippen MR) is 107 cm³/mol. The van der Waals surface area contributed by atoms with E-state index >= 15 is 0 Å². The topological polar surface area (TPSA) is 46.2 Å². The fourth-order valence-electron chi connectivity index (χ4n) is 2.74. The molecule has 0 saturated carbocycles. The van der Waals surface area contributed by atoms with Gasteiger partial charge >= 0.3 is 0 Å². The Kier molecular flexibility index (Phi) is 5.80. The van der Waals surface area contributed by atoms with Crippen molar-refractivity contribution in [3.63, 3.8) is 0 Å². The molecule has 128 valence electrons. The fraction of sp³-hybridized carbons (Fsp3) is 0.200. The average Bonchev–Trinajstić information content (AvgIpc) is 2.66. The number of rotatable bonds is 6. The number of anilines is 1. The molecule has 0 unspecified atom stereocenters. The van der Waals surface area contributed by atoms with Crippen LogP contribution in [0.4, 0.5) is 5.69 Å². The molecule has 2 aromatic carbocycles. The van der Waals surface area contributed by atoms with Crippen LogP contribution in [0.2, 0.25) is 0 Å². The van der Waals surface area contributed by atoms with Gasteiger partial charge in [0.1, 0.15) is 0 Å². The number of hydrogen-bond donors (Lipinski definition) is 2. The summed E-state index contributed by atoms with van der Waals surface area (Å²) in [4.78, 5) is 4.14. The standard InChI is InChI=1S/C20H21N3OS/c1-24-19-12-11-17(14-22-19)23-20(25)21-13-5-9-16-8-4-7-15-6-2-3-10-18(15)16/h2-4,6-8,10-12,14H,5,9,13H2,1H3,(H2,21,23,25). The quantitative estimate of drug-likeness (QED) is 0.516. The van der Waals surface area contributed by atoms with Crippen LogP contribution in [0, 0.1) is 0 Å². The first-order chi connectivity index (χ1) is 12.3. The van der Waals surface area contributed by atoms with Crippen molar-refractivity contribution in [2.45, 2.75) is 12.8 Å². The highest BCUT2D eigenvalue weighted by atomic mass is 32.1. The van der Waals surface area contributed by atoms with E-state index in [9.17, 15) is 0 Å². The number of aromatic nitrogens is 1. The molecule has 1 heterocycles. The second kappa shape index (κ2) is 8.44. The number of hydrogen-bond acceptors (Lipinski definition) is 3. The van der Waals surface area contributed by atoms with Crippen LogP contribution in [-0.2, 0) is 6.42 Å². The Labute approximate surface area is 153 Å². The van der Waals surface area contributed by atoms with Gasteiger partial charge in [-0.3, -0.25) is 0 Å². The number of nitrogens with zero attached hydrogens (tertiary/aromatic N) is 1. The molecule has 0 aliphatic carbocycles. The Balaban J connectivity index is 1.46. The van der Waals surface area contributed by atoms with Gasteiger partial charge in [-0.05, 0) is 47.5 Å². The minimum atomic E-state index is 0.583. The van der Waals surface area contributed by atoms with Crippen LogP contribution < -0.4 is 15.4 Å². The molecule has 3 rings (SSSR count). The summed E-state index contributed by atoms with van der Waals surface area (Å²) in [6.07, 6.45) is 3.72. The van der Waals surface area contributed by atoms with Gasteiger partial charge in [0.05, 0.1) is 19.0 Å². The maximum atomic E-state index is 5.32. The molecule has 2 N–H and O–H groups in total. The molecule has 0 bridgehead atoms. The molecule has 0 aliphatic heterocycles. The van der Waals surface area contributed by atoms with Crippen LogP contribution in [0.3, 0.4) is 0 Å². The van der Waals surface area contributed by atoms with Gasteiger partial charge in [-0.1, -0.05) is 42.5 Å². The minimum Gasteiger partial charge on any atom is -0.481 e. The van der Waals surface area contributed by atoms with Crippen molar-refractivity contribution < 1.29 is 4.74 Å². The number of benzene rings is 2. The molecule has 25 heavy (non-hydrogen) atoms. The van der Waals surface area contributed by atoms with Crippen molar-refractivity contribution in [2.24, 2.45) is 0 Å². The Hall–Kier alpha value is -2.66. The first-order valence-corrected chi connectivity index (χ1v) is 8.68. The molecule has 0 aliphatic rings. The second-order valence-electron chi connectivity index (χ2n) is 5.71. The third kappa shape index (κ3) is 4.67. The maximum Gasteiger partial charge on any atom is 0.213 e. The number of aryl methyl sites for hydroxylation is 1. The van der Waals surface area contributed by atoms with Gasteiger partial charge in [0, 0.05) is 12.6 Å². The SMILES string of the molecule is COc1ccc(NC(=S)NCCCc2cccc3ccccc23)cn1. The summed E-state index contributed by atoms with van der Waals surface area (Å²) in [5, 5.41) is 9.58. The largest absolute Gasteiger partial charge is 0.481 e. The summed E-state index contributed by atoms with van der Waals surface area (Å²) in [7, 11) is 1.59. The van der Waals surface area contributed by atoms with Crippen molar-refractivity contribution in [3.05, 3.63) is 66.4 Å². The zero-order chi connectivity index (χ0) is 17.5. The normalized spacial score (nSPS) is 10.4. The lowest BCUT2D eigenvalue weighted by Crippen LogP contribution is -2.29. The lowest BCUT2D eigenvalue weighted by atomic mass is 10.0. The highest BCUT2D eigenvalue weighted by Crippen LogP contribution is 2.19. The first kappa shape index (κ1) is 17.2. The van der Waals surface area contributed by atoms with Crippen LogP contribution in [0.1, 0.15) is 12.0 Å². The molecule has 0 radical (unpaired) electrons. The third-order valence-corrected chi connectivity index (χ3v) is 4.24. The van der Waals surface area contributed by atoms with Crippen LogP contribution >= 0.6 is 12.2 Å². The number of nitrogens with one attached hydrogen (secondary N) is 2. The monoisotopic (exact) mass is 351 g/mol. The summed E-state index contributed by atoms with van der Waals surface area (Å²) < 4.78 is 5.04. The van der Waals surface area contributed by atoms with E-state index in [0.29, 0.717) is 11.0 Å². The highest BCUT2D eigenvalue weighted by Gasteiger charge is 2.02. The van der Waals surface area contributed by atoms with E-state index in [4.69, 9.17) is 17.0 Å². The van der Waals surface area contributed by atoms with Gasteiger partial charge in [0.15, 0.2) is 5.11 Å². The van der Waals surface area contributed by atoms with Crippen LogP contribution in [-0.4, -0.2) is 23.8 Å². The van der Waals surface area contributed by atoms with Crippen LogP contribution in [0.15, 0.2) is 60.8 Å². The molecule has 1 aromatic heterocycles. The Bertz CT molecular complexity index is 844. The first-order valence-electron chi connectivity index (χ1n) is 8.28. The molecule has 0 fully saturated rings. The summed E-state index contributed by atoms with van der Waals surface area (Å²) in [6.45, 7) is 0.818. The summed E-state index contributed by atoms with van der Waals surface area (Å²) in [6, 6.07) is 18.6. The van der Waals surface area contributed by atoms with Crippen molar-refractivity contribution in [2.75, 3.05) is 19.0 Å². The molecule has 0 amide bonds. The molecule has 0 spiro atoms. The number of ether oxygens (including phenoxy) is 1. The van der Waals surface area contributed by atoms with Gasteiger partial charge in [-0.25, -0.2) is 4.98 Å².